The molecule has 0 saturated carbocycles. The molecule has 0 bridgehead atoms. The maximum atomic E-state index is 12.6. The zero-order chi connectivity index (χ0) is 20.8. The van der Waals surface area contributed by atoms with E-state index in [9.17, 15) is 9.59 Å². The number of hydrogen-bond donors (Lipinski definition) is 2. The smallest absolute Gasteiger partial charge is 0.337 e. The molecule has 1 amide bonds. The number of amides is 1. The molecule has 0 aliphatic rings. The van der Waals surface area contributed by atoms with Crippen molar-refractivity contribution in [3.8, 4) is 5.75 Å². The number of aromatic nitrogens is 2. The van der Waals surface area contributed by atoms with Crippen LogP contribution in [-0.2, 0) is 4.74 Å². The summed E-state index contributed by atoms with van der Waals surface area (Å²) >= 11 is 0. The molecule has 0 atom stereocenters. The van der Waals surface area contributed by atoms with Crippen molar-refractivity contribution >= 4 is 29.1 Å². The highest BCUT2D eigenvalue weighted by Crippen LogP contribution is 2.26. The van der Waals surface area contributed by atoms with Gasteiger partial charge in [-0.25, -0.2) is 14.8 Å². The van der Waals surface area contributed by atoms with E-state index in [0.717, 1.165) is 5.56 Å². The first-order chi connectivity index (χ1) is 14.0. The number of anilines is 3. The van der Waals surface area contributed by atoms with E-state index in [2.05, 4.69) is 25.3 Å². The molecule has 3 aromatic rings. The van der Waals surface area contributed by atoms with Gasteiger partial charge in [0.1, 0.15) is 23.6 Å². The lowest BCUT2D eigenvalue weighted by Gasteiger charge is -2.11. The Kier molecular flexibility index (Phi) is 6.03. The average molecular weight is 392 g/mol. The summed E-state index contributed by atoms with van der Waals surface area (Å²) in [5.41, 5.74) is 2.87. The Labute approximate surface area is 167 Å². The summed E-state index contributed by atoms with van der Waals surface area (Å²) in [4.78, 5) is 32.3. The van der Waals surface area contributed by atoms with Crippen LogP contribution in [0.4, 0.5) is 17.2 Å². The molecule has 148 valence electrons. The number of ether oxygens (including phenoxy) is 2. The Morgan fingerprint density at radius 1 is 0.966 bits per heavy atom. The first kappa shape index (κ1) is 19.8. The van der Waals surface area contributed by atoms with E-state index in [1.165, 1.54) is 19.5 Å². The van der Waals surface area contributed by atoms with E-state index in [1.807, 2.05) is 19.1 Å². The number of carbonyl (C=O) groups excluding carboxylic acids is 2. The van der Waals surface area contributed by atoms with Crippen molar-refractivity contribution in [2.75, 3.05) is 24.9 Å². The van der Waals surface area contributed by atoms with Crippen LogP contribution in [0.1, 0.15) is 26.4 Å². The number of nitrogens with zero attached hydrogens (tertiary/aromatic N) is 2. The third-order valence-corrected chi connectivity index (χ3v) is 4.08. The second kappa shape index (κ2) is 8.83. The fraction of sp³-hybridized carbons (Fsp3) is 0.143. The number of nitrogens with one attached hydrogen (secondary N) is 2. The molecule has 2 aromatic carbocycles. The van der Waals surface area contributed by atoms with Crippen LogP contribution >= 0.6 is 0 Å². The maximum absolute atomic E-state index is 12.6. The van der Waals surface area contributed by atoms with Gasteiger partial charge in [0.25, 0.3) is 5.91 Å². The van der Waals surface area contributed by atoms with Crippen LogP contribution in [0.3, 0.4) is 0 Å². The number of methoxy groups -OCH3 is 2. The van der Waals surface area contributed by atoms with Gasteiger partial charge in [0, 0.05) is 11.8 Å². The van der Waals surface area contributed by atoms with Crippen LogP contribution in [0.25, 0.3) is 0 Å². The normalized spacial score (nSPS) is 10.2. The second-order valence-electron chi connectivity index (χ2n) is 6.14. The molecule has 0 fully saturated rings. The van der Waals surface area contributed by atoms with E-state index < -0.39 is 5.97 Å². The van der Waals surface area contributed by atoms with Gasteiger partial charge in [-0.15, -0.1) is 0 Å². The first-order valence-electron chi connectivity index (χ1n) is 8.73. The van der Waals surface area contributed by atoms with E-state index in [0.29, 0.717) is 28.5 Å². The summed E-state index contributed by atoms with van der Waals surface area (Å²) in [6, 6.07) is 13.7. The molecule has 0 saturated heterocycles. The molecule has 0 spiro atoms. The van der Waals surface area contributed by atoms with Gasteiger partial charge in [-0.1, -0.05) is 6.07 Å². The van der Waals surface area contributed by atoms with Gasteiger partial charge in [0.15, 0.2) is 0 Å². The molecule has 3 rings (SSSR count). The summed E-state index contributed by atoms with van der Waals surface area (Å²) in [6.45, 7) is 1.92. The van der Waals surface area contributed by atoms with Crippen LogP contribution < -0.4 is 15.4 Å². The minimum Gasteiger partial charge on any atom is -0.495 e. The van der Waals surface area contributed by atoms with Crippen LogP contribution in [-0.4, -0.2) is 36.1 Å². The van der Waals surface area contributed by atoms with E-state index in [1.54, 1.807) is 37.4 Å². The Bertz CT molecular complexity index is 1040. The largest absolute Gasteiger partial charge is 0.495 e. The van der Waals surface area contributed by atoms with Crippen LogP contribution in [0.2, 0.25) is 0 Å². The van der Waals surface area contributed by atoms with Crippen LogP contribution in [0, 0.1) is 6.92 Å². The van der Waals surface area contributed by atoms with Crippen molar-refractivity contribution in [2.45, 2.75) is 6.92 Å². The fourth-order valence-electron chi connectivity index (χ4n) is 2.61. The zero-order valence-corrected chi connectivity index (χ0v) is 16.2. The molecule has 29 heavy (non-hydrogen) atoms. The predicted octanol–water partition coefficient (Wildman–Crippen LogP) is 3.58. The summed E-state index contributed by atoms with van der Waals surface area (Å²) in [5.74, 6) is 0.193. The summed E-state index contributed by atoms with van der Waals surface area (Å²) in [7, 11) is 2.87. The number of carbonyl (C=O) groups is 2. The number of rotatable bonds is 6. The SMILES string of the molecule is COC(=O)c1ccc(Nc2cc(C(=O)Nc3cc(C)ccc3OC)ncn2)cc1. The molecule has 8 heteroatoms. The van der Waals surface area contributed by atoms with E-state index in [-0.39, 0.29) is 11.6 Å². The molecule has 0 aliphatic carbocycles. The third kappa shape index (κ3) is 4.86. The molecule has 2 N–H and O–H groups in total. The second-order valence-corrected chi connectivity index (χ2v) is 6.14. The molecule has 1 aromatic heterocycles. The third-order valence-electron chi connectivity index (χ3n) is 4.08. The van der Waals surface area contributed by atoms with E-state index in [4.69, 9.17) is 4.74 Å². The predicted molar refractivity (Wildman–Crippen MR) is 109 cm³/mol. The number of aryl methyl sites for hydroxylation is 1. The Morgan fingerprint density at radius 3 is 2.41 bits per heavy atom. The summed E-state index contributed by atoms with van der Waals surface area (Å²) in [5, 5.41) is 5.87. The minimum absolute atomic E-state index is 0.192. The monoisotopic (exact) mass is 392 g/mol. The van der Waals surface area contributed by atoms with Gasteiger partial charge in [0.05, 0.1) is 25.5 Å². The lowest BCUT2D eigenvalue weighted by Crippen LogP contribution is -2.15. The van der Waals surface area contributed by atoms with Crippen molar-refractivity contribution in [3.63, 3.8) is 0 Å². The topological polar surface area (TPSA) is 102 Å². The van der Waals surface area contributed by atoms with Gasteiger partial charge >= 0.3 is 5.97 Å². The lowest BCUT2D eigenvalue weighted by atomic mass is 10.2. The molecule has 1 heterocycles. The molecule has 0 radical (unpaired) electrons. The Balaban J connectivity index is 1.74. The summed E-state index contributed by atoms with van der Waals surface area (Å²) < 4.78 is 9.96. The van der Waals surface area contributed by atoms with Crippen LogP contribution in [0.5, 0.6) is 5.75 Å². The lowest BCUT2D eigenvalue weighted by molar-refractivity contribution is 0.0600. The average Bonchev–Trinajstić information content (AvgIpc) is 2.74. The maximum Gasteiger partial charge on any atom is 0.337 e. The highest BCUT2D eigenvalue weighted by molar-refractivity contribution is 6.04. The van der Waals surface area contributed by atoms with Gasteiger partial charge in [-0.2, -0.15) is 0 Å². The molecule has 0 unspecified atom stereocenters. The Hall–Kier alpha value is -3.94. The first-order valence-corrected chi connectivity index (χ1v) is 8.73. The van der Waals surface area contributed by atoms with Gasteiger partial charge < -0.3 is 20.1 Å². The quantitative estimate of drug-likeness (QED) is 0.618. The number of esters is 1. The molecular formula is C21H20N4O4. The number of benzene rings is 2. The van der Waals surface area contributed by atoms with Gasteiger partial charge in [-0.3, -0.25) is 4.79 Å². The minimum atomic E-state index is -0.413. The van der Waals surface area contributed by atoms with Crippen molar-refractivity contribution in [1.29, 1.82) is 0 Å². The standard InChI is InChI=1S/C21H20N4O4/c1-13-4-9-18(28-2)16(10-13)25-20(26)17-11-19(23-12-22-17)24-15-7-5-14(6-8-15)21(27)29-3/h4-12H,1-3H3,(H,25,26)(H,22,23,24). The highest BCUT2D eigenvalue weighted by Gasteiger charge is 2.13. The van der Waals surface area contributed by atoms with Crippen molar-refractivity contribution in [1.82, 2.24) is 9.97 Å². The van der Waals surface area contributed by atoms with Crippen LogP contribution in [0.15, 0.2) is 54.9 Å². The summed E-state index contributed by atoms with van der Waals surface area (Å²) in [6.07, 6.45) is 1.30. The highest BCUT2D eigenvalue weighted by atomic mass is 16.5. The fourth-order valence-corrected chi connectivity index (χ4v) is 2.61. The molecule has 8 nitrogen and oxygen atoms in total. The van der Waals surface area contributed by atoms with Crippen molar-refractivity contribution < 1.29 is 19.1 Å². The Morgan fingerprint density at radius 2 is 1.72 bits per heavy atom. The molecular weight excluding hydrogens is 372 g/mol. The zero-order valence-electron chi connectivity index (χ0n) is 16.2. The van der Waals surface area contributed by atoms with E-state index >= 15 is 0 Å². The van der Waals surface area contributed by atoms with Gasteiger partial charge in [-0.05, 0) is 48.9 Å². The number of hydrogen-bond acceptors (Lipinski definition) is 7. The van der Waals surface area contributed by atoms with Crippen molar-refractivity contribution in [2.24, 2.45) is 0 Å². The van der Waals surface area contributed by atoms with Gasteiger partial charge in [0.2, 0.25) is 0 Å². The molecule has 0 aliphatic heterocycles. The van der Waals surface area contributed by atoms with Crippen molar-refractivity contribution in [3.05, 3.63) is 71.7 Å².